The van der Waals surface area contributed by atoms with E-state index in [0.29, 0.717) is 11.5 Å². The van der Waals surface area contributed by atoms with Gasteiger partial charge < -0.3 is 10.5 Å². The molecule has 0 aliphatic rings. The molecule has 0 bridgehead atoms. The number of nitrogens with zero attached hydrogens (tertiary/aromatic N) is 3. The van der Waals surface area contributed by atoms with Crippen LogP contribution >= 0.6 is 0 Å². The Balaban J connectivity index is 2.07. The van der Waals surface area contributed by atoms with Gasteiger partial charge in [0.05, 0.1) is 5.69 Å². The van der Waals surface area contributed by atoms with Gasteiger partial charge in [-0.15, -0.1) is 0 Å². The number of benzene rings is 1. The Morgan fingerprint density at radius 3 is 3.00 bits per heavy atom. The molecule has 0 amide bonds. The SMILES string of the molecule is Cc1nc(Oc2cc(F)ccc2N)cc2n[nH]c(=O)n12. The van der Waals surface area contributed by atoms with E-state index in [-0.39, 0.29) is 23.0 Å². The molecule has 3 rings (SSSR count). The average molecular weight is 275 g/mol. The highest BCUT2D eigenvalue weighted by atomic mass is 19.1. The van der Waals surface area contributed by atoms with Crippen LogP contribution in [-0.4, -0.2) is 19.6 Å². The molecule has 7 nitrogen and oxygen atoms in total. The monoisotopic (exact) mass is 275 g/mol. The molecule has 0 saturated heterocycles. The van der Waals surface area contributed by atoms with Crippen LogP contribution in [0.1, 0.15) is 5.82 Å². The quantitative estimate of drug-likeness (QED) is 0.685. The molecule has 3 N–H and O–H groups in total. The molecular formula is C12H10FN5O2. The lowest BCUT2D eigenvalue weighted by molar-refractivity contribution is 0.457. The highest BCUT2D eigenvalue weighted by molar-refractivity contribution is 5.54. The average Bonchev–Trinajstić information content (AvgIpc) is 2.76. The minimum atomic E-state index is -0.469. The Labute approximate surface area is 111 Å². The van der Waals surface area contributed by atoms with Gasteiger partial charge in [0, 0.05) is 12.1 Å². The van der Waals surface area contributed by atoms with Gasteiger partial charge in [-0.1, -0.05) is 0 Å². The van der Waals surface area contributed by atoms with Gasteiger partial charge in [0.15, 0.2) is 11.4 Å². The number of anilines is 1. The third-order valence-corrected chi connectivity index (χ3v) is 2.74. The zero-order valence-corrected chi connectivity index (χ0v) is 10.4. The molecule has 2 aromatic heterocycles. The molecule has 2 heterocycles. The number of nitrogens with one attached hydrogen (secondary N) is 1. The second-order valence-electron chi connectivity index (χ2n) is 4.15. The van der Waals surface area contributed by atoms with Gasteiger partial charge in [-0.25, -0.2) is 18.7 Å². The van der Waals surface area contributed by atoms with Crippen LogP contribution in [0.3, 0.4) is 0 Å². The van der Waals surface area contributed by atoms with E-state index < -0.39 is 5.82 Å². The van der Waals surface area contributed by atoms with E-state index in [9.17, 15) is 9.18 Å². The van der Waals surface area contributed by atoms with Gasteiger partial charge >= 0.3 is 5.69 Å². The standard InChI is InChI=1S/C12H10FN5O2/c1-6-15-11(5-10-16-17-12(19)18(6)10)20-9-4-7(13)2-3-8(9)14/h2-5H,14H2,1H3,(H,17,19). The Bertz CT molecular complexity index is 855. The van der Waals surface area contributed by atoms with E-state index >= 15 is 0 Å². The van der Waals surface area contributed by atoms with Crippen molar-refractivity contribution in [3.63, 3.8) is 0 Å². The maximum atomic E-state index is 13.2. The van der Waals surface area contributed by atoms with Crippen LogP contribution in [0.25, 0.3) is 5.65 Å². The fourth-order valence-electron chi connectivity index (χ4n) is 1.83. The molecule has 0 unspecified atom stereocenters. The van der Waals surface area contributed by atoms with E-state index in [4.69, 9.17) is 10.5 Å². The first-order chi connectivity index (χ1) is 9.54. The molecule has 0 atom stereocenters. The molecule has 102 valence electrons. The van der Waals surface area contributed by atoms with Crippen molar-refractivity contribution in [3.8, 4) is 11.6 Å². The first kappa shape index (κ1) is 12.2. The number of H-pyrrole nitrogens is 1. The number of hydrogen-bond donors (Lipinski definition) is 2. The van der Waals surface area contributed by atoms with Crippen LogP contribution in [0.15, 0.2) is 29.1 Å². The normalized spacial score (nSPS) is 10.9. The minimum absolute atomic E-state index is 0.152. The Morgan fingerprint density at radius 2 is 2.20 bits per heavy atom. The molecule has 1 aromatic carbocycles. The third kappa shape index (κ3) is 1.96. The van der Waals surface area contributed by atoms with Crippen molar-refractivity contribution in [3.05, 3.63) is 46.4 Å². The maximum absolute atomic E-state index is 13.2. The molecule has 0 aliphatic carbocycles. The summed E-state index contributed by atoms with van der Waals surface area (Å²) in [5.41, 5.74) is 5.95. The molecule has 0 fully saturated rings. The summed E-state index contributed by atoms with van der Waals surface area (Å²) in [5, 5.41) is 6.13. The van der Waals surface area contributed by atoms with Crippen LogP contribution in [-0.2, 0) is 0 Å². The Morgan fingerprint density at radius 1 is 1.40 bits per heavy atom. The van der Waals surface area contributed by atoms with Gasteiger partial charge in [0.1, 0.15) is 11.6 Å². The largest absolute Gasteiger partial charge is 0.437 e. The van der Waals surface area contributed by atoms with Crippen LogP contribution in [0, 0.1) is 12.7 Å². The van der Waals surface area contributed by atoms with Crippen molar-refractivity contribution < 1.29 is 9.13 Å². The summed E-state index contributed by atoms with van der Waals surface area (Å²) in [6, 6.07) is 5.24. The van der Waals surface area contributed by atoms with Crippen LogP contribution in [0.2, 0.25) is 0 Å². The molecule has 3 aromatic rings. The van der Waals surface area contributed by atoms with Crippen molar-refractivity contribution in [2.75, 3.05) is 5.73 Å². The van der Waals surface area contributed by atoms with Crippen molar-refractivity contribution in [1.82, 2.24) is 19.6 Å². The second kappa shape index (κ2) is 4.34. The molecule has 8 heteroatoms. The number of aromatic nitrogens is 4. The van der Waals surface area contributed by atoms with E-state index in [1.165, 1.54) is 22.6 Å². The topological polar surface area (TPSA) is 98.3 Å². The van der Waals surface area contributed by atoms with E-state index in [1.54, 1.807) is 6.92 Å². The number of fused-ring (bicyclic) bond motifs is 1. The van der Waals surface area contributed by atoms with Crippen molar-refractivity contribution in [1.29, 1.82) is 0 Å². The van der Waals surface area contributed by atoms with Crippen LogP contribution < -0.4 is 16.2 Å². The second-order valence-corrected chi connectivity index (χ2v) is 4.15. The van der Waals surface area contributed by atoms with Gasteiger partial charge in [0.25, 0.3) is 0 Å². The molecule has 0 spiro atoms. The smallest absolute Gasteiger partial charge is 0.349 e. The van der Waals surface area contributed by atoms with Gasteiger partial charge in [-0.3, -0.25) is 0 Å². The van der Waals surface area contributed by atoms with Crippen LogP contribution in [0.4, 0.5) is 10.1 Å². The summed E-state index contributed by atoms with van der Waals surface area (Å²) in [6.07, 6.45) is 0. The molecule has 0 saturated carbocycles. The van der Waals surface area contributed by atoms with Crippen molar-refractivity contribution in [2.24, 2.45) is 0 Å². The lowest BCUT2D eigenvalue weighted by Gasteiger charge is -2.08. The van der Waals surface area contributed by atoms with Crippen LogP contribution in [0.5, 0.6) is 11.6 Å². The lowest BCUT2D eigenvalue weighted by Crippen LogP contribution is -2.13. The number of aryl methyl sites for hydroxylation is 1. The fraction of sp³-hybridized carbons (Fsp3) is 0.0833. The van der Waals surface area contributed by atoms with Crippen molar-refractivity contribution >= 4 is 11.3 Å². The molecular weight excluding hydrogens is 265 g/mol. The Kier molecular flexibility index (Phi) is 2.63. The zero-order valence-electron chi connectivity index (χ0n) is 10.4. The predicted molar refractivity (Wildman–Crippen MR) is 69.2 cm³/mol. The number of aromatic amines is 1. The predicted octanol–water partition coefficient (Wildman–Crippen LogP) is 1.24. The number of ether oxygens (including phenoxy) is 1. The number of halogens is 1. The number of nitrogens with two attached hydrogens (primary N) is 1. The zero-order chi connectivity index (χ0) is 14.3. The molecule has 20 heavy (non-hydrogen) atoms. The summed E-state index contributed by atoms with van der Waals surface area (Å²) in [7, 11) is 0. The van der Waals surface area contributed by atoms with E-state index in [1.807, 2.05) is 0 Å². The first-order valence-corrected chi connectivity index (χ1v) is 5.72. The fourth-order valence-corrected chi connectivity index (χ4v) is 1.83. The van der Waals surface area contributed by atoms with Gasteiger partial charge in [-0.05, 0) is 19.1 Å². The third-order valence-electron chi connectivity index (χ3n) is 2.74. The highest BCUT2D eigenvalue weighted by Crippen LogP contribution is 2.27. The van der Waals surface area contributed by atoms with Gasteiger partial charge in [-0.2, -0.15) is 10.1 Å². The van der Waals surface area contributed by atoms with Gasteiger partial charge in [0.2, 0.25) is 5.88 Å². The lowest BCUT2D eigenvalue weighted by atomic mass is 10.3. The highest BCUT2D eigenvalue weighted by Gasteiger charge is 2.10. The Hall–Kier alpha value is -2.90. The summed E-state index contributed by atoms with van der Waals surface area (Å²) in [6.45, 7) is 1.63. The van der Waals surface area contributed by atoms with E-state index in [0.717, 1.165) is 6.07 Å². The number of rotatable bonds is 2. The van der Waals surface area contributed by atoms with Crippen molar-refractivity contribution in [2.45, 2.75) is 6.92 Å². The minimum Gasteiger partial charge on any atom is -0.437 e. The first-order valence-electron chi connectivity index (χ1n) is 5.72. The maximum Gasteiger partial charge on any atom is 0.349 e. The molecule has 0 aliphatic heterocycles. The number of hydrogen-bond acceptors (Lipinski definition) is 5. The number of nitrogen functional groups attached to an aromatic ring is 1. The summed E-state index contributed by atoms with van der Waals surface area (Å²) < 4.78 is 19.9. The van der Waals surface area contributed by atoms with E-state index in [2.05, 4.69) is 15.2 Å². The summed E-state index contributed by atoms with van der Waals surface area (Å²) in [4.78, 5) is 15.6. The summed E-state index contributed by atoms with van der Waals surface area (Å²) >= 11 is 0. The summed E-state index contributed by atoms with van der Waals surface area (Å²) in [5.74, 6) is 0.250. The molecule has 0 radical (unpaired) electrons.